The van der Waals surface area contributed by atoms with Crippen LogP contribution in [0.25, 0.3) is 10.9 Å². The fourth-order valence-electron chi connectivity index (χ4n) is 2.58. The number of likely N-dealkylation sites (N-methyl/N-ethyl adjacent to an activating group) is 1. The van der Waals surface area contributed by atoms with Crippen LogP contribution in [0, 0.1) is 0 Å². The van der Waals surface area contributed by atoms with Crippen molar-refractivity contribution in [2.24, 2.45) is 0 Å². The van der Waals surface area contributed by atoms with Gasteiger partial charge in [0.05, 0.1) is 0 Å². The Morgan fingerprint density at radius 3 is 2.57 bits per heavy atom. The summed E-state index contributed by atoms with van der Waals surface area (Å²) in [6, 6.07) is 11.0. The van der Waals surface area contributed by atoms with E-state index in [2.05, 4.69) is 9.72 Å². The molecule has 0 aliphatic heterocycles. The smallest absolute Gasteiger partial charge is 0.387 e. The summed E-state index contributed by atoms with van der Waals surface area (Å²) in [4.78, 5) is 4.37. The summed E-state index contributed by atoms with van der Waals surface area (Å²) < 4.78 is 69.2. The minimum absolute atomic E-state index is 0.0449. The summed E-state index contributed by atoms with van der Waals surface area (Å²) >= 11 is 0. The number of nitrogens with zero attached hydrogens (tertiary/aromatic N) is 1. The molecule has 0 saturated carbocycles. The molecule has 0 aliphatic rings. The molecule has 28 heavy (non-hydrogen) atoms. The molecule has 0 atom stereocenters. The van der Waals surface area contributed by atoms with Crippen molar-refractivity contribution in [2.45, 2.75) is 39.5 Å². The summed E-state index contributed by atoms with van der Waals surface area (Å²) in [5.41, 5.74) is 1.48. The number of alkyl halides is 2. The minimum Gasteiger partial charge on any atom is -0.488 e. The predicted octanol–water partition coefficient (Wildman–Crippen LogP) is 5.23. The van der Waals surface area contributed by atoms with Crippen molar-refractivity contribution in [3.8, 4) is 11.5 Å². The van der Waals surface area contributed by atoms with Crippen LogP contribution in [0.1, 0.15) is 30.5 Å². The van der Waals surface area contributed by atoms with Gasteiger partial charge in [-0.1, -0.05) is 18.2 Å². The number of ether oxygens (including phenoxy) is 2. The lowest BCUT2D eigenvalue weighted by molar-refractivity contribution is -0.0498. The molecule has 0 bridgehead atoms. The van der Waals surface area contributed by atoms with Gasteiger partial charge in [0.1, 0.15) is 18.1 Å². The van der Waals surface area contributed by atoms with Crippen LogP contribution in [-0.4, -0.2) is 36.1 Å². The first-order valence-corrected chi connectivity index (χ1v) is 8.95. The molecule has 3 rings (SSSR count). The number of benzene rings is 2. The summed E-state index contributed by atoms with van der Waals surface area (Å²) in [5, 5.41) is 0.455. The topological polar surface area (TPSA) is 37.5 Å². The fourth-order valence-corrected chi connectivity index (χ4v) is 2.58. The third kappa shape index (κ3) is 5.01. The molecule has 4 nitrogen and oxygen atoms in total. The molecule has 0 radical (unpaired) electrons. The van der Waals surface area contributed by atoms with Crippen LogP contribution < -0.4 is 9.47 Å². The quantitative estimate of drug-likeness (QED) is 0.542. The summed E-state index contributed by atoms with van der Waals surface area (Å²) in [5.74, 6) is 0.432. The van der Waals surface area contributed by atoms with Crippen molar-refractivity contribution in [3.63, 3.8) is 0 Å². The highest BCUT2D eigenvalue weighted by Crippen LogP contribution is 2.30. The van der Waals surface area contributed by atoms with Crippen LogP contribution in [-0.2, 0) is 13.0 Å². The number of hydrogen-bond donors (Lipinski definition) is 1. The largest absolute Gasteiger partial charge is 0.488 e. The van der Waals surface area contributed by atoms with Gasteiger partial charge in [0.25, 0.3) is 0 Å². The van der Waals surface area contributed by atoms with Gasteiger partial charge in [-0.15, -0.1) is 0 Å². The number of H-pyrrole nitrogens is 1. The van der Waals surface area contributed by atoms with Crippen LogP contribution in [0.15, 0.2) is 48.7 Å². The number of fused-ring (bicyclic) bond motifs is 1. The molecule has 6 heteroatoms. The summed E-state index contributed by atoms with van der Waals surface area (Å²) in [7, 11) is 1.55. The molecule has 2 aromatic carbocycles. The van der Waals surface area contributed by atoms with Crippen LogP contribution in [0.5, 0.6) is 11.5 Å². The average molecular weight is 392 g/mol. The monoisotopic (exact) mass is 392 g/mol. The Balaban J connectivity index is 1.91. The van der Waals surface area contributed by atoms with Crippen molar-refractivity contribution < 1.29 is 23.7 Å². The highest BCUT2D eigenvalue weighted by Gasteiger charge is 2.12. The standard InChI is InChI=1S/C22H26F2N2O2/c1-15(2)26(3)12-11-17-13-25-19-5-4-6-20(21(17)19)27-14-16-7-9-18(10-8-16)28-22(23)24/h4-10,13,15,22,25H,11-12,14H2,1-3H3/i11D2,12D2. The number of aryl methyl sites for hydroxylation is 1. The molecule has 1 N–H and O–H groups in total. The summed E-state index contributed by atoms with van der Waals surface area (Å²) in [6.07, 6.45) is -0.877. The van der Waals surface area contributed by atoms with Gasteiger partial charge >= 0.3 is 6.61 Å². The first-order chi connectivity index (χ1) is 14.9. The van der Waals surface area contributed by atoms with Crippen molar-refractivity contribution in [1.29, 1.82) is 0 Å². The van der Waals surface area contributed by atoms with Gasteiger partial charge in [-0.25, -0.2) is 0 Å². The third-order valence-corrected chi connectivity index (χ3v) is 4.35. The second-order valence-electron chi connectivity index (χ2n) is 6.63. The molecule has 1 aromatic heterocycles. The van der Waals surface area contributed by atoms with E-state index in [-0.39, 0.29) is 24.0 Å². The number of aromatic amines is 1. The molecule has 150 valence electrons. The van der Waals surface area contributed by atoms with E-state index in [1.54, 1.807) is 51.2 Å². The van der Waals surface area contributed by atoms with Gasteiger partial charge in [-0.05, 0) is 62.7 Å². The predicted molar refractivity (Wildman–Crippen MR) is 107 cm³/mol. The maximum atomic E-state index is 12.3. The molecule has 3 aromatic rings. The van der Waals surface area contributed by atoms with E-state index in [4.69, 9.17) is 10.2 Å². The van der Waals surface area contributed by atoms with Crippen LogP contribution in [0.3, 0.4) is 0 Å². The number of halogens is 2. The maximum absolute atomic E-state index is 12.3. The Morgan fingerprint density at radius 2 is 1.89 bits per heavy atom. The molecule has 0 saturated heterocycles. The van der Waals surface area contributed by atoms with Crippen molar-refractivity contribution in [1.82, 2.24) is 9.88 Å². The normalized spacial score (nSPS) is 14.9. The SMILES string of the molecule is [2H]C([2H])(c1c[nH]c2cccc(OCc3ccc(OC(F)F)cc3)c12)C([2H])([2H])N(C)C(C)C. The van der Waals surface area contributed by atoms with Crippen LogP contribution in [0.2, 0.25) is 0 Å². The molecular weight excluding hydrogens is 362 g/mol. The van der Waals surface area contributed by atoms with E-state index in [1.165, 1.54) is 23.2 Å². The van der Waals surface area contributed by atoms with Gasteiger partial charge in [-0.2, -0.15) is 8.78 Å². The Kier molecular flexibility index (Phi) is 4.96. The van der Waals surface area contributed by atoms with E-state index in [1.807, 2.05) is 0 Å². The van der Waals surface area contributed by atoms with E-state index < -0.39 is 19.5 Å². The van der Waals surface area contributed by atoms with Crippen LogP contribution >= 0.6 is 0 Å². The molecule has 0 amide bonds. The van der Waals surface area contributed by atoms with E-state index >= 15 is 0 Å². The van der Waals surface area contributed by atoms with Crippen LogP contribution in [0.4, 0.5) is 8.78 Å². The molecule has 1 heterocycles. The lowest BCUT2D eigenvalue weighted by Gasteiger charge is -2.20. The van der Waals surface area contributed by atoms with Crippen molar-refractivity contribution >= 4 is 10.9 Å². The van der Waals surface area contributed by atoms with Gasteiger partial charge in [0, 0.05) is 35.1 Å². The Morgan fingerprint density at radius 1 is 1.14 bits per heavy atom. The van der Waals surface area contributed by atoms with Gasteiger partial charge in [-0.3, -0.25) is 0 Å². The van der Waals surface area contributed by atoms with Gasteiger partial charge in [0.2, 0.25) is 0 Å². The van der Waals surface area contributed by atoms with Gasteiger partial charge in [0.15, 0.2) is 0 Å². The Hall–Kier alpha value is -2.60. The van der Waals surface area contributed by atoms with Crippen molar-refractivity contribution in [2.75, 3.05) is 13.5 Å². The van der Waals surface area contributed by atoms with E-state index in [9.17, 15) is 8.78 Å². The molecule has 0 spiro atoms. The zero-order valence-electron chi connectivity index (χ0n) is 20.0. The van der Waals surface area contributed by atoms with Gasteiger partial charge < -0.3 is 19.4 Å². The number of rotatable bonds is 9. The highest BCUT2D eigenvalue weighted by atomic mass is 19.3. The first kappa shape index (κ1) is 15.3. The summed E-state index contributed by atoms with van der Waals surface area (Å²) in [6.45, 7) is -1.47. The number of nitrogens with one attached hydrogen (secondary N) is 1. The first-order valence-electron chi connectivity index (χ1n) is 10.9. The minimum atomic E-state index is -2.90. The molecule has 0 unspecified atom stereocenters. The fraction of sp³-hybridized carbons (Fsp3) is 0.364. The second kappa shape index (κ2) is 9.06. The number of hydrogen-bond acceptors (Lipinski definition) is 3. The molecule has 0 aliphatic carbocycles. The van der Waals surface area contributed by atoms with Crippen molar-refractivity contribution in [3.05, 3.63) is 59.8 Å². The van der Waals surface area contributed by atoms with E-state index in [0.29, 0.717) is 22.2 Å². The zero-order valence-corrected chi connectivity index (χ0v) is 16.0. The second-order valence-corrected chi connectivity index (χ2v) is 6.63. The molecule has 0 fully saturated rings. The average Bonchev–Trinajstić information content (AvgIpc) is 3.17. The maximum Gasteiger partial charge on any atom is 0.387 e. The lowest BCUT2D eigenvalue weighted by Crippen LogP contribution is -2.28. The van der Waals surface area contributed by atoms with E-state index in [0.717, 1.165) is 0 Å². The number of aromatic nitrogens is 1. The lowest BCUT2D eigenvalue weighted by atomic mass is 10.1. The Labute approximate surface area is 169 Å². The third-order valence-electron chi connectivity index (χ3n) is 4.35. The highest BCUT2D eigenvalue weighted by molar-refractivity contribution is 5.89. The molecular formula is C22H26F2N2O2. The Bertz CT molecular complexity index is 1060. The zero-order chi connectivity index (χ0) is 23.7.